The highest BCUT2D eigenvalue weighted by Gasteiger charge is 2.34. The van der Waals surface area contributed by atoms with Crippen LogP contribution in [0.3, 0.4) is 0 Å². The van der Waals surface area contributed by atoms with Gasteiger partial charge in [0.05, 0.1) is 0 Å². The number of ether oxygens (including phenoxy) is 1. The Morgan fingerprint density at radius 3 is 2.35 bits per heavy atom. The maximum atomic E-state index is 12.6. The predicted molar refractivity (Wildman–Crippen MR) is 55.8 cm³/mol. The number of para-hydroxylation sites is 1. The third-order valence-electron chi connectivity index (χ3n) is 2.06. The van der Waals surface area contributed by atoms with E-state index < -0.39 is 11.7 Å². The average molecular weight is 239 g/mol. The molecule has 0 aliphatic rings. The van der Waals surface area contributed by atoms with E-state index in [1.54, 1.807) is 30.3 Å². The molecular weight excluding hydrogens is 231 g/mol. The van der Waals surface area contributed by atoms with Gasteiger partial charge in [0.25, 0.3) is 0 Å². The van der Waals surface area contributed by atoms with Crippen LogP contribution in [-0.2, 0) is 6.18 Å². The van der Waals surface area contributed by atoms with Crippen LogP contribution >= 0.6 is 0 Å². The van der Waals surface area contributed by atoms with Crippen molar-refractivity contribution in [2.24, 2.45) is 0 Å². The van der Waals surface area contributed by atoms with Gasteiger partial charge in [-0.3, -0.25) is 4.98 Å². The van der Waals surface area contributed by atoms with Gasteiger partial charge in [-0.15, -0.1) is 0 Å². The molecule has 0 spiro atoms. The highest BCUT2D eigenvalue weighted by Crippen LogP contribution is 2.37. The Balaban J connectivity index is 2.34. The van der Waals surface area contributed by atoms with E-state index >= 15 is 0 Å². The number of aromatic nitrogens is 1. The number of benzene rings is 1. The molecule has 17 heavy (non-hydrogen) atoms. The van der Waals surface area contributed by atoms with Crippen LogP contribution in [0.1, 0.15) is 5.56 Å². The van der Waals surface area contributed by atoms with Crippen molar-refractivity contribution < 1.29 is 17.9 Å². The molecule has 1 aromatic carbocycles. The molecule has 0 fully saturated rings. The van der Waals surface area contributed by atoms with Crippen molar-refractivity contribution in [2.75, 3.05) is 0 Å². The quantitative estimate of drug-likeness (QED) is 0.793. The molecule has 0 aliphatic heterocycles. The Morgan fingerprint density at radius 1 is 1.00 bits per heavy atom. The van der Waals surface area contributed by atoms with Crippen molar-refractivity contribution in [3.05, 3.63) is 54.4 Å². The summed E-state index contributed by atoms with van der Waals surface area (Å²) in [6.07, 6.45) is -2.47. The Labute approximate surface area is 95.7 Å². The maximum Gasteiger partial charge on any atom is 0.421 e. The fourth-order valence-electron chi connectivity index (χ4n) is 1.30. The van der Waals surface area contributed by atoms with E-state index in [1.807, 2.05) is 0 Å². The van der Waals surface area contributed by atoms with Gasteiger partial charge >= 0.3 is 6.18 Å². The number of rotatable bonds is 2. The van der Waals surface area contributed by atoms with Crippen molar-refractivity contribution >= 4 is 0 Å². The molecule has 5 heteroatoms. The van der Waals surface area contributed by atoms with Gasteiger partial charge < -0.3 is 4.74 Å². The lowest BCUT2D eigenvalue weighted by Crippen LogP contribution is -2.07. The molecule has 0 saturated carbocycles. The molecule has 1 aromatic heterocycles. The standard InChI is InChI=1S/C12H8F3NO/c13-12(14,15)10-8-16-7-6-11(10)17-9-4-2-1-3-5-9/h1-8H. The van der Waals surface area contributed by atoms with E-state index in [0.717, 1.165) is 6.20 Å². The monoisotopic (exact) mass is 239 g/mol. The van der Waals surface area contributed by atoms with Gasteiger partial charge in [0.15, 0.2) is 0 Å². The van der Waals surface area contributed by atoms with Crippen LogP contribution in [-0.4, -0.2) is 4.98 Å². The summed E-state index contributed by atoms with van der Waals surface area (Å²) in [5, 5.41) is 0. The van der Waals surface area contributed by atoms with Crippen LogP contribution in [0.4, 0.5) is 13.2 Å². The lowest BCUT2D eigenvalue weighted by atomic mass is 10.2. The van der Waals surface area contributed by atoms with E-state index in [2.05, 4.69) is 4.98 Å². The van der Waals surface area contributed by atoms with Gasteiger partial charge in [-0.25, -0.2) is 0 Å². The lowest BCUT2D eigenvalue weighted by molar-refractivity contribution is -0.138. The van der Waals surface area contributed by atoms with Crippen molar-refractivity contribution in [3.63, 3.8) is 0 Å². The summed E-state index contributed by atoms with van der Waals surface area (Å²) in [4.78, 5) is 3.45. The van der Waals surface area contributed by atoms with Gasteiger partial charge in [-0.2, -0.15) is 13.2 Å². The van der Waals surface area contributed by atoms with Gasteiger partial charge in [0.2, 0.25) is 0 Å². The zero-order valence-corrected chi connectivity index (χ0v) is 8.61. The molecule has 0 atom stereocenters. The van der Waals surface area contributed by atoms with Crippen LogP contribution < -0.4 is 4.74 Å². The number of alkyl halides is 3. The van der Waals surface area contributed by atoms with Gasteiger partial charge in [0.1, 0.15) is 17.1 Å². The van der Waals surface area contributed by atoms with Crippen molar-refractivity contribution in [1.82, 2.24) is 4.98 Å². The van der Waals surface area contributed by atoms with Crippen molar-refractivity contribution in [2.45, 2.75) is 6.18 Å². The fourth-order valence-corrected chi connectivity index (χ4v) is 1.30. The third kappa shape index (κ3) is 2.75. The Morgan fingerprint density at radius 2 is 1.71 bits per heavy atom. The second-order valence-corrected chi connectivity index (χ2v) is 3.28. The largest absolute Gasteiger partial charge is 0.457 e. The van der Waals surface area contributed by atoms with Crippen molar-refractivity contribution in [3.8, 4) is 11.5 Å². The third-order valence-corrected chi connectivity index (χ3v) is 2.06. The van der Waals surface area contributed by atoms with Crippen LogP contribution in [0.25, 0.3) is 0 Å². The Kier molecular flexibility index (Phi) is 2.99. The normalized spacial score (nSPS) is 11.2. The van der Waals surface area contributed by atoms with E-state index in [9.17, 15) is 13.2 Å². The topological polar surface area (TPSA) is 22.1 Å². The van der Waals surface area contributed by atoms with E-state index in [4.69, 9.17) is 4.74 Å². The molecule has 2 aromatic rings. The number of halogens is 3. The number of nitrogens with zero attached hydrogens (tertiary/aromatic N) is 1. The zero-order chi connectivity index (χ0) is 12.3. The predicted octanol–water partition coefficient (Wildman–Crippen LogP) is 3.89. The summed E-state index contributed by atoms with van der Waals surface area (Å²) >= 11 is 0. The molecule has 0 aliphatic carbocycles. The first kappa shape index (κ1) is 11.4. The van der Waals surface area contributed by atoms with Crippen LogP contribution in [0, 0.1) is 0 Å². The summed E-state index contributed by atoms with van der Waals surface area (Å²) in [6, 6.07) is 9.48. The second kappa shape index (κ2) is 4.45. The van der Waals surface area contributed by atoms with Gasteiger partial charge in [0, 0.05) is 12.4 Å². The van der Waals surface area contributed by atoms with Crippen LogP contribution in [0.2, 0.25) is 0 Å². The molecule has 2 rings (SSSR count). The SMILES string of the molecule is FC(F)(F)c1cnccc1Oc1ccccc1. The molecule has 0 bridgehead atoms. The summed E-state index contributed by atoms with van der Waals surface area (Å²) in [5.74, 6) is 0.0999. The lowest BCUT2D eigenvalue weighted by Gasteiger charge is -2.12. The van der Waals surface area contributed by atoms with Crippen LogP contribution in [0.5, 0.6) is 11.5 Å². The minimum Gasteiger partial charge on any atom is -0.457 e. The number of pyridine rings is 1. The van der Waals surface area contributed by atoms with E-state index in [0.29, 0.717) is 5.75 Å². The highest BCUT2D eigenvalue weighted by molar-refractivity contribution is 5.37. The molecule has 1 heterocycles. The fraction of sp³-hybridized carbons (Fsp3) is 0.0833. The van der Waals surface area contributed by atoms with Crippen LogP contribution in [0.15, 0.2) is 48.8 Å². The first-order valence-electron chi connectivity index (χ1n) is 4.81. The molecule has 0 N–H and O–H groups in total. The first-order chi connectivity index (χ1) is 8.07. The van der Waals surface area contributed by atoms with Gasteiger partial charge in [-0.05, 0) is 18.2 Å². The Hall–Kier alpha value is -2.04. The number of hydrogen-bond acceptors (Lipinski definition) is 2. The molecular formula is C12H8F3NO. The second-order valence-electron chi connectivity index (χ2n) is 3.28. The molecule has 0 radical (unpaired) electrons. The van der Waals surface area contributed by atoms with E-state index in [-0.39, 0.29) is 5.75 Å². The molecule has 0 amide bonds. The molecule has 0 saturated heterocycles. The summed E-state index contributed by atoms with van der Waals surface area (Å²) in [5.41, 5.74) is -0.885. The number of hydrogen-bond donors (Lipinski definition) is 0. The van der Waals surface area contributed by atoms with Crippen molar-refractivity contribution in [1.29, 1.82) is 0 Å². The zero-order valence-electron chi connectivity index (χ0n) is 8.61. The first-order valence-corrected chi connectivity index (χ1v) is 4.81. The minimum absolute atomic E-state index is 0.251. The summed E-state index contributed by atoms with van der Waals surface area (Å²) in [7, 11) is 0. The summed E-state index contributed by atoms with van der Waals surface area (Å²) < 4.78 is 43.1. The van der Waals surface area contributed by atoms with Gasteiger partial charge in [-0.1, -0.05) is 18.2 Å². The molecule has 2 nitrogen and oxygen atoms in total. The minimum atomic E-state index is -4.47. The highest BCUT2D eigenvalue weighted by atomic mass is 19.4. The summed E-state index contributed by atoms with van der Waals surface area (Å²) in [6.45, 7) is 0. The van der Waals surface area contributed by atoms with E-state index in [1.165, 1.54) is 12.3 Å². The molecule has 0 unspecified atom stereocenters. The average Bonchev–Trinajstić information content (AvgIpc) is 2.30. The maximum absolute atomic E-state index is 12.6. The molecule has 88 valence electrons. The smallest absolute Gasteiger partial charge is 0.421 e. The Bertz CT molecular complexity index is 497.